The molecule has 0 radical (unpaired) electrons. The lowest BCUT2D eigenvalue weighted by atomic mass is 9.95. The molecule has 1 aliphatic carbocycles. The predicted molar refractivity (Wildman–Crippen MR) is 105 cm³/mol. The third-order valence-corrected chi connectivity index (χ3v) is 7.27. The molecule has 2 N–H and O–H groups in total. The van der Waals surface area contributed by atoms with Crippen LogP contribution in [-0.2, 0) is 22.9 Å². The van der Waals surface area contributed by atoms with Gasteiger partial charge in [-0.15, -0.1) is 11.3 Å². The summed E-state index contributed by atoms with van der Waals surface area (Å²) >= 11 is 1.71. The molecular weight excluding hydrogens is 370 g/mol. The summed E-state index contributed by atoms with van der Waals surface area (Å²) < 4.78 is 27.4. The third kappa shape index (κ3) is 4.36. The van der Waals surface area contributed by atoms with Crippen molar-refractivity contribution < 1.29 is 13.2 Å². The van der Waals surface area contributed by atoms with Gasteiger partial charge in [0.05, 0.1) is 11.3 Å². The van der Waals surface area contributed by atoms with Gasteiger partial charge in [-0.1, -0.05) is 0 Å². The Morgan fingerprint density at radius 1 is 1.19 bits per heavy atom. The van der Waals surface area contributed by atoms with Crippen molar-refractivity contribution in [3.05, 3.63) is 40.5 Å². The average Bonchev–Trinajstić information content (AvgIpc) is 3.28. The van der Waals surface area contributed by atoms with Crippen LogP contribution in [0.15, 0.2) is 24.5 Å². The zero-order valence-electron chi connectivity index (χ0n) is 15.0. The number of nitrogens with zero attached hydrogens (tertiary/aromatic N) is 1. The number of aryl methyl sites for hydroxylation is 1. The number of fused-ring (bicyclic) bond motifs is 1. The monoisotopic (exact) mass is 395 g/mol. The summed E-state index contributed by atoms with van der Waals surface area (Å²) in [6, 6.07) is 3.92. The molecule has 0 saturated heterocycles. The lowest BCUT2D eigenvalue weighted by Gasteiger charge is -2.13. The van der Waals surface area contributed by atoms with Crippen molar-refractivity contribution in [1.82, 2.24) is 14.6 Å². The van der Waals surface area contributed by atoms with Gasteiger partial charge >= 0.3 is 0 Å². The van der Waals surface area contributed by atoms with Crippen LogP contribution in [0.1, 0.15) is 47.0 Å². The number of carbonyl (C=O) groups is 1. The molecule has 142 valence electrons. The maximum Gasteiger partial charge on any atom is 0.254 e. The lowest BCUT2D eigenvalue weighted by molar-refractivity contribution is 0.0952. The summed E-state index contributed by atoms with van der Waals surface area (Å²) in [6.45, 7) is 2.38. The van der Waals surface area contributed by atoms with Gasteiger partial charge in [0.2, 0.25) is 10.0 Å². The second-order valence-electron chi connectivity index (χ2n) is 6.39. The number of hydrogen-bond acceptors (Lipinski definition) is 4. The van der Waals surface area contributed by atoms with Crippen LogP contribution in [0.3, 0.4) is 0 Å². The van der Waals surface area contributed by atoms with E-state index >= 15 is 0 Å². The molecule has 2 heterocycles. The molecule has 26 heavy (non-hydrogen) atoms. The number of rotatable bonds is 8. The van der Waals surface area contributed by atoms with Crippen LogP contribution in [-0.4, -0.2) is 37.7 Å². The Bertz CT molecular complexity index is 855. The number of hydrogen-bond donors (Lipinski definition) is 2. The second kappa shape index (κ2) is 8.37. The molecule has 0 spiro atoms. The van der Waals surface area contributed by atoms with E-state index in [2.05, 4.69) is 10.0 Å². The number of sulfonamides is 1. The Balaban J connectivity index is 1.68. The minimum absolute atomic E-state index is 0.0635. The first-order chi connectivity index (χ1) is 12.5. The zero-order chi connectivity index (χ0) is 18.6. The molecular formula is C18H25N3O3S2. The fraction of sp³-hybridized carbons (Fsp3) is 0.500. The number of carbonyl (C=O) groups excluding carboxylic acids is 1. The van der Waals surface area contributed by atoms with E-state index in [1.807, 2.05) is 29.1 Å². The molecule has 0 fully saturated rings. The zero-order valence-corrected chi connectivity index (χ0v) is 16.6. The minimum Gasteiger partial charge on any atom is -0.352 e. The molecule has 2 aromatic rings. The van der Waals surface area contributed by atoms with Crippen molar-refractivity contribution in [2.75, 3.05) is 18.8 Å². The third-order valence-electron chi connectivity index (χ3n) is 4.56. The molecule has 1 aliphatic rings. The normalized spacial score (nSPS) is 14.2. The summed E-state index contributed by atoms with van der Waals surface area (Å²) in [5.41, 5.74) is 1.98. The van der Waals surface area contributed by atoms with Gasteiger partial charge in [-0.3, -0.25) is 4.79 Å². The number of thiophene rings is 1. The van der Waals surface area contributed by atoms with Crippen molar-refractivity contribution in [2.45, 2.75) is 39.0 Å². The molecule has 0 atom stereocenters. The highest BCUT2D eigenvalue weighted by atomic mass is 32.2. The summed E-state index contributed by atoms with van der Waals surface area (Å²) in [5, 5.41) is 3.94. The highest BCUT2D eigenvalue weighted by molar-refractivity contribution is 7.89. The molecule has 0 aliphatic heterocycles. The van der Waals surface area contributed by atoms with Crippen LogP contribution in [0.2, 0.25) is 0 Å². The number of aromatic nitrogens is 1. The standard InChI is InChI=1S/C18H25N3O3S2/c1-2-26(23,24)20-11-7-10-19-17(22)16-14-8-3-4-9-15(14)25-18(16)21-12-5-6-13-21/h5-6,12-13,20H,2-4,7-11H2,1H3,(H,19,22). The van der Waals surface area contributed by atoms with Crippen molar-refractivity contribution in [3.63, 3.8) is 0 Å². The maximum atomic E-state index is 12.9. The van der Waals surface area contributed by atoms with Gasteiger partial charge < -0.3 is 9.88 Å². The van der Waals surface area contributed by atoms with Crippen molar-refractivity contribution in [1.29, 1.82) is 0 Å². The van der Waals surface area contributed by atoms with Crippen LogP contribution in [0.4, 0.5) is 0 Å². The fourth-order valence-electron chi connectivity index (χ4n) is 3.15. The molecule has 2 aromatic heterocycles. The first kappa shape index (κ1) is 19.1. The Labute approximate surface area is 158 Å². The molecule has 0 bridgehead atoms. The molecule has 0 unspecified atom stereocenters. The summed E-state index contributed by atoms with van der Waals surface area (Å²) in [7, 11) is -3.18. The first-order valence-electron chi connectivity index (χ1n) is 9.05. The molecule has 0 aromatic carbocycles. The van der Waals surface area contributed by atoms with Gasteiger partial charge in [0, 0.05) is 30.4 Å². The molecule has 1 amide bonds. The van der Waals surface area contributed by atoms with E-state index in [0.717, 1.165) is 29.8 Å². The van der Waals surface area contributed by atoms with Crippen molar-refractivity contribution in [2.24, 2.45) is 0 Å². The Hall–Kier alpha value is -1.64. The average molecular weight is 396 g/mol. The highest BCUT2D eigenvalue weighted by Gasteiger charge is 2.25. The smallest absolute Gasteiger partial charge is 0.254 e. The summed E-state index contributed by atoms with van der Waals surface area (Å²) in [4.78, 5) is 14.2. The van der Waals surface area contributed by atoms with Gasteiger partial charge in [-0.2, -0.15) is 0 Å². The van der Waals surface area contributed by atoms with Crippen LogP contribution in [0.5, 0.6) is 0 Å². The molecule has 8 heteroatoms. The van der Waals surface area contributed by atoms with Gasteiger partial charge in [0.25, 0.3) is 5.91 Å². The Morgan fingerprint density at radius 2 is 1.92 bits per heavy atom. The minimum atomic E-state index is -3.18. The molecule has 3 rings (SSSR count). The van der Waals surface area contributed by atoms with E-state index < -0.39 is 10.0 Å². The van der Waals surface area contributed by atoms with Gasteiger partial charge in [0.15, 0.2) is 0 Å². The largest absolute Gasteiger partial charge is 0.352 e. The van der Waals surface area contributed by atoms with E-state index in [-0.39, 0.29) is 11.7 Å². The van der Waals surface area contributed by atoms with E-state index in [4.69, 9.17) is 0 Å². The topological polar surface area (TPSA) is 80.2 Å². The fourth-order valence-corrected chi connectivity index (χ4v) is 5.16. The summed E-state index contributed by atoms with van der Waals surface area (Å²) in [6.07, 6.45) is 8.79. The van der Waals surface area contributed by atoms with Crippen LogP contribution < -0.4 is 10.0 Å². The van der Waals surface area contributed by atoms with E-state index in [0.29, 0.717) is 19.5 Å². The van der Waals surface area contributed by atoms with E-state index in [9.17, 15) is 13.2 Å². The van der Waals surface area contributed by atoms with E-state index in [1.165, 1.54) is 16.9 Å². The number of amides is 1. The highest BCUT2D eigenvalue weighted by Crippen LogP contribution is 2.36. The Morgan fingerprint density at radius 3 is 2.65 bits per heavy atom. The second-order valence-corrected chi connectivity index (χ2v) is 9.57. The van der Waals surface area contributed by atoms with Crippen molar-refractivity contribution >= 4 is 27.3 Å². The van der Waals surface area contributed by atoms with Crippen molar-refractivity contribution in [3.8, 4) is 5.00 Å². The molecule has 6 nitrogen and oxygen atoms in total. The maximum absolute atomic E-state index is 12.9. The van der Waals surface area contributed by atoms with Crippen LogP contribution in [0, 0.1) is 0 Å². The van der Waals surface area contributed by atoms with Gasteiger partial charge in [-0.25, -0.2) is 13.1 Å². The van der Waals surface area contributed by atoms with Crippen LogP contribution in [0.25, 0.3) is 5.00 Å². The SMILES string of the molecule is CCS(=O)(=O)NCCCNC(=O)c1c(-n2cccc2)sc2c1CCCC2. The molecule has 0 saturated carbocycles. The Kier molecular flexibility index (Phi) is 6.16. The number of nitrogens with one attached hydrogen (secondary N) is 2. The van der Waals surface area contributed by atoms with E-state index in [1.54, 1.807) is 18.3 Å². The van der Waals surface area contributed by atoms with Crippen LogP contribution >= 0.6 is 11.3 Å². The van der Waals surface area contributed by atoms with Gasteiger partial charge in [-0.05, 0) is 56.7 Å². The quantitative estimate of drug-likeness (QED) is 0.674. The van der Waals surface area contributed by atoms with Gasteiger partial charge in [0.1, 0.15) is 5.00 Å². The predicted octanol–water partition coefficient (Wildman–Crippen LogP) is 2.48. The lowest BCUT2D eigenvalue weighted by Crippen LogP contribution is -2.31. The first-order valence-corrected chi connectivity index (χ1v) is 11.5. The summed E-state index contributed by atoms with van der Waals surface area (Å²) in [5.74, 6) is 0.00660.